The van der Waals surface area contributed by atoms with Crippen LogP contribution in [0.25, 0.3) is 10.9 Å². The molecule has 5 rings (SSSR count). The first-order chi connectivity index (χ1) is 18.7. The van der Waals surface area contributed by atoms with Crippen molar-refractivity contribution < 1.29 is 14.3 Å². The SMILES string of the molecule is COc1ccc([C@H](CC(=O)NCc2ccccc2)c2cn(Cc3ccccc3)c3ccccc23)cc1OC. The topological polar surface area (TPSA) is 52.5 Å². The van der Waals surface area contributed by atoms with Crippen LogP contribution in [0.4, 0.5) is 0 Å². The lowest BCUT2D eigenvalue weighted by Gasteiger charge is -2.19. The minimum atomic E-state index is -0.174. The molecule has 0 saturated carbocycles. The van der Waals surface area contributed by atoms with Crippen molar-refractivity contribution in [3.05, 3.63) is 132 Å². The number of methoxy groups -OCH3 is 2. The molecular weight excluding hydrogens is 472 g/mol. The summed E-state index contributed by atoms with van der Waals surface area (Å²) in [5, 5.41) is 4.25. The molecule has 5 nitrogen and oxygen atoms in total. The van der Waals surface area contributed by atoms with Gasteiger partial charge in [-0.15, -0.1) is 0 Å². The predicted molar refractivity (Wildman–Crippen MR) is 152 cm³/mol. The molecule has 0 saturated heterocycles. The normalized spacial score (nSPS) is 11.7. The number of para-hydroxylation sites is 1. The third-order valence-corrected chi connectivity index (χ3v) is 6.92. The number of ether oxygens (including phenoxy) is 2. The zero-order valence-corrected chi connectivity index (χ0v) is 21.8. The third-order valence-electron chi connectivity index (χ3n) is 6.92. The van der Waals surface area contributed by atoms with E-state index >= 15 is 0 Å². The number of aromatic nitrogens is 1. The van der Waals surface area contributed by atoms with Crippen molar-refractivity contribution in [2.75, 3.05) is 14.2 Å². The first-order valence-corrected chi connectivity index (χ1v) is 12.8. The van der Waals surface area contributed by atoms with Crippen molar-refractivity contribution in [2.45, 2.75) is 25.4 Å². The minimum absolute atomic E-state index is 0.00599. The van der Waals surface area contributed by atoms with E-state index in [1.807, 2.05) is 54.6 Å². The molecule has 1 amide bonds. The van der Waals surface area contributed by atoms with Gasteiger partial charge in [-0.3, -0.25) is 4.79 Å². The van der Waals surface area contributed by atoms with E-state index in [1.54, 1.807) is 14.2 Å². The van der Waals surface area contributed by atoms with Gasteiger partial charge in [-0.25, -0.2) is 0 Å². The summed E-state index contributed by atoms with van der Waals surface area (Å²) < 4.78 is 13.4. The summed E-state index contributed by atoms with van der Waals surface area (Å²) in [5.74, 6) is 1.13. The molecular formula is C33H32N2O3. The van der Waals surface area contributed by atoms with Gasteiger partial charge in [0.05, 0.1) is 14.2 Å². The fourth-order valence-corrected chi connectivity index (χ4v) is 4.99. The van der Waals surface area contributed by atoms with Crippen molar-refractivity contribution >= 4 is 16.8 Å². The molecule has 0 aliphatic carbocycles. The summed E-state index contributed by atoms with van der Waals surface area (Å²) in [5.41, 5.74) is 5.55. The number of nitrogens with zero attached hydrogens (tertiary/aromatic N) is 1. The molecule has 0 aliphatic heterocycles. The molecule has 0 bridgehead atoms. The summed E-state index contributed by atoms with van der Waals surface area (Å²) in [7, 11) is 3.26. The van der Waals surface area contributed by atoms with Gasteiger partial charge >= 0.3 is 0 Å². The van der Waals surface area contributed by atoms with Crippen LogP contribution in [0.1, 0.15) is 34.6 Å². The lowest BCUT2D eigenvalue weighted by atomic mass is 9.87. The Bertz CT molecular complexity index is 1510. The van der Waals surface area contributed by atoms with Gasteiger partial charge < -0.3 is 19.4 Å². The van der Waals surface area contributed by atoms with E-state index in [-0.39, 0.29) is 11.8 Å². The van der Waals surface area contributed by atoms with Crippen LogP contribution < -0.4 is 14.8 Å². The van der Waals surface area contributed by atoms with Crippen LogP contribution in [-0.2, 0) is 17.9 Å². The number of carbonyl (C=O) groups excluding carboxylic acids is 1. The summed E-state index contributed by atoms with van der Waals surface area (Å²) in [4.78, 5) is 13.3. The highest BCUT2D eigenvalue weighted by Crippen LogP contribution is 2.38. The molecule has 0 aliphatic rings. The van der Waals surface area contributed by atoms with Crippen molar-refractivity contribution in [3.8, 4) is 11.5 Å². The van der Waals surface area contributed by atoms with Gasteiger partial charge in [0.2, 0.25) is 5.91 Å². The molecule has 1 heterocycles. The standard InChI is InChI=1S/C33H32N2O3/c1-37-31-18-17-26(19-32(31)38-2)28(20-33(36)34-21-24-11-5-3-6-12-24)29-23-35(22-25-13-7-4-8-14-25)30-16-10-9-15-27(29)30/h3-19,23,28H,20-22H2,1-2H3,(H,34,36)/t28-/m0/s1. The maximum atomic E-state index is 13.3. The highest BCUT2D eigenvalue weighted by molar-refractivity contribution is 5.87. The van der Waals surface area contributed by atoms with Gasteiger partial charge in [0.25, 0.3) is 0 Å². The van der Waals surface area contributed by atoms with Gasteiger partial charge in [0.1, 0.15) is 0 Å². The zero-order chi connectivity index (χ0) is 26.3. The molecule has 1 N–H and O–H groups in total. The number of nitrogens with one attached hydrogen (secondary N) is 1. The number of carbonyl (C=O) groups is 1. The van der Waals surface area contributed by atoms with Crippen LogP contribution >= 0.6 is 0 Å². The first kappa shape index (κ1) is 25.2. The molecule has 4 aromatic carbocycles. The van der Waals surface area contributed by atoms with Crippen LogP contribution in [0.3, 0.4) is 0 Å². The second kappa shape index (κ2) is 11.7. The molecule has 192 valence electrons. The Kier molecular flexibility index (Phi) is 7.74. The predicted octanol–water partition coefficient (Wildman–Crippen LogP) is 6.55. The minimum Gasteiger partial charge on any atom is -0.493 e. The van der Waals surface area contributed by atoms with Crippen LogP contribution in [0, 0.1) is 0 Å². The first-order valence-electron chi connectivity index (χ1n) is 12.8. The van der Waals surface area contributed by atoms with E-state index in [2.05, 4.69) is 64.6 Å². The van der Waals surface area contributed by atoms with Crippen LogP contribution in [-0.4, -0.2) is 24.7 Å². The van der Waals surface area contributed by atoms with Gasteiger partial charge in [-0.1, -0.05) is 84.9 Å². The molecule has 38 heavy (non-hydrogen) atoms. The fraction of sp³-hybridized carbons (Fsp3) is 0.182. The van der Waals surface area contributed by atoms with Crippen LogP contribution in [0.2, 0.25) is 0 Å². The average molecular weight is 505 g/mol. The van der Waals surface area contributed by atoms with Crippen LogP contribution in [0.15, 0.2) is 109 Å². The Hall–Kier alpha value is -4.51. The van der Waals surface area contributed by atoms with Gasteiger partial charge in [-0.05, 0) is 40.5 Å². The second-order valence-electron chi connectivity index (χ2n) is 9.35. The van der Waals surface area contributed by atoms with E-state index < -0.39 is 0 Å². The number of amides is 1. The number of fused-ring (bicyclic) bond motifs is 1. The Morgan fingerprint density at radius 2 is 1.45 bits per heavy atom. The Balaban J connectivity index is 1.53. The highest BCUT2D eigenvalue weighted by Gasteiger charge is 2.24. The van der Waals surface area contributed by atoms with Crippen molar-refractivity contribution in [1.29, 1.82) is 0 Å². The summed E-state index contributed by atoms with van der Waals surface area (Å²) in [6.45, 7) is 1.24. The molecule has 0 radical (unpaired) electrons. The second-order valence-corrected chi connectivity index (χ2v) is 9.35. The van der Waals surface area contributed by atoms with E-state index in [4.69, 9.17) is 9.47 Å². The Morgan fingerprint density at radius 1 is 0.789 bits per heavy atom. The Morgan fingerprint density at radius 3 is 2.16 bits per heavy atom. The van der Waals surface area contributed by atoms with E-state index in [9.17, 15) is 4.79 Å². The Labute approximate surface area is 223 Å². The fourth-order valence-electron chi connectivity index (χ4n) is 4.99. The highest BCUT2D eigenvalue weighted by atomic mass is 16.5. The van der Waals surface area contributed by atoms with Gasteiger partial charge in [0.15, 0.2) is 11.5 Å². The van der Waals surface area contributed by atoms with Crippen LogP contribution in [0.5, 0.6) is 11.5 Å². The molecule has 0 unspecified atom stereocenters. The van der Waals surface area contributed by atoms with Gasteiger partial charge in [0, 0.05) is 42.5 Å². The number of rotatable bonds is 10. The number of hydrogen-bond donors (Lipinski definition) is 1. The number of hydrogen-bond acceptors (Lipinski definition) is 3. The summed E-state index contributed by atoms with van der Waals surface area (Å²) in [6, 6.07) is 34.7. The zero-order valence-electron chi connectivity index (χ0n) is 21.8. The molecule has 5 aromatic rings. The maximum absolute atomic E-state index is 13.3. The maximum Gasteiger partial charge on any atom is 0.221 e. The monoisotopic (exact) mass is 504 g/mol. The molecule has 0 spiro atoms. The molecule has 1 atom stereocenters. The van der Waals surface area contributed by atoms with E-state index in [1.165, 1.54) is 5.56 Å². The van der Waals surface area contributed by atoms with E-state index in [0.717, 1.165) is 34.1 Å². The smallest absolute Gasteiger partial charge is 0.221 e. The summed E-state index contributed by atoms with van der Waals surface area (Å²) >= 11 is 0. The average Bonchev–Trinajstić information content (AvgIpc) is 3.33. The third kappa shape index (κ3) is 5.57. The molecule has 5 heteroatoms. The van der Waals surface area contributed by atoms with Crippen molar-refractivity contribution in [3.63, 3.8) is 0 Å². The molecule has 0 fully saturated rings. The lowest BCUT2D eigenvalue weighted by Crippen LogP contribution is -2.25. The van der Waals surface area contributed by atoms with Gasteiger partial charge in [-0.2, -0.15) is 0 Å². The summed E-state index contributed by atoms with van der Waals surface area (Å²) in [6.07, 6.45) is 2.51. The molecule has 1 aromatic heterocycles. The quantitative estimate of drug-likeness (QED) is 0.235. The van der Waals surface area contributed by atoms with E-state index in [0.29, 0.717) is 24.5 Å². The van der Waals surface area contributed by atoms with Crippen molar-refractivity contribution in [2.24, 2.45) is 0 Å². The lowest BCUT2D eigenvalue weighted by molar-refractivity contribution is -0.121. The largest absolute Gasteiger partial charge is 0.493 e. The number of benzene rings is 4. The van der Waals surface area contributed by atoms with Crippen molar-refractivity contribution in [1.82, 2.24) is 9.88 Å².